The Kier molecular flexibility index (Phi) is 7.10. The number of rotatable bonds is 8. The molecular weight excluding hydrogens is 402 g/mol. The van der Waals surface area contributed by atoms with Gasteiger partial charge in [-0.1, -0.05) is 36.4 Å². The van der Waals surface area contributed by atoms with Crippen molar-refractivity contribution < 1.29 is 14.3 Å². The lowest BCUT2D eigenvalue weighted by atomic mass is 9.96. The van der Waals surface area contributed by atoms with Crippen LogP contribution in [0.2, 0.25) is 0 Å². The monoisotopic (exact) mass is 433 g/mol. The van der Waals surface area contributed by atoms with Gasteiger partial charge in [-0.15, -0.1) is 0 Å². The van der Waals surface area contributed by atoms with Gasteiger partial charge in [-0.3, -0.25) is 9.59 Å². The number of methoxy groups -OCH3 is 1. The second-order valence-corrected chi connectivity index (χ2v) is 8.39. The number of aryl methyl sites for hydroxylation is 1. The van der Waals surface area contributed by atoms with Gasteiger partial charge in [-0.25, -0.2) is 0 Å². The van der Waals surface area contributed by atoms with Gasteiger partial charge in [0.25, 0.3) is 0 Å². The van der Waals surface area contributed by atoms with Crippen LogP contribution in [0.1, 0.15) is 30.4 Å². The predicted molar refractivity (Wildman–Crippen MR) is 126 cm³/mol. The highest BCUT2D eigenvalue weighted by Gasteiger charge is 2.28. The molecule has 0 aliphatic carbocycles. The molecule has 2 heterocycles. The molecule has 1 saturated heterocycles. The first-order valence-corrected chi connectivity index (χ1v) is 11.4. The minimum Gasteiger partial charge on any atom is -0.496 e. The van der Waals surface area contributed by atoms with Crippen LogP contribution in [0.3, 0.4) is 0 Å². The van der Waals surface area contributed by atoms with Crippen LogP contribution in [0.25, 0.3) is 10.9 Å². The Bertz CT molecular complexity index is 1070. The van der Waals surface area contributed by atoms with Crippen molar-refractivity contribution in [3.05, 3.63) is 65.9 Å². The maximum absolute atomic E-state index is 12.8. The van der Waals surface area contributed by atoms with Crippen molar-refractivity contribution in [1.29, 1.82) is 0 Å². The van der Waals surface area contributed by atoms with Crippen LogP contribution in [-0.4, -0.2) is 48.4 Å². The lowest BCUT2D eigenvalue weighted by Crippen LogP contribution is -2.45. The number of para-hydroxylation sites is 2. The summed E-state index contributed by atoms with van der Waals surface area (Å²) >= 11 is 0. The molecule has 0 radical (unpaired) electrons. The average molecular weight is 434 g/mol. The lowest BCUT2D eigenvalue weighted by molar-refractivity contribution is -0.135. The Hall–Kier alpha value is -3.28. The molecule has 1 fully saturated rings. The molecule has 6 nitrogen and oxygen atoms in total. The summed E-state index contributed by atoms with van der Waals surface area (Å²) in [7, 11) is 1.66. The van der Waals surface area contributed by atoms with Crippen molar-refractivity contribution in [2.24, 2.45) is 5.92 Å². The van der Waals surface area contributed by atoms with E-state index in [2.05, 4.69) is 16.4 Å². The summed E-state index contributed by atoms with van der Waals surface area (Å²) in [4.78, 5) is 30.7. The van der Waals surface area contributed by atoms with E-state index in [0.29, 0.717) is 25.9 Å². The van der Waals surface area contributed by atoms with Crippen molar-refractivity contribution >= 4 is 22.7 Å². The third-order valence-corrected chi connectivity index (χ3v) is 6.31. The van der Waals surface area contributed by atoms with Gasteiger partial charge in [-0.05, 0) is 48.9 Å². The standard InChI is InChI=1S/C26H31N3O3/c1-32-24-11-5-2-7-19(24)14-15-27-26(31)21-8-6-16-29(18-21)25(30)13-12-20-17-28-23-10-4-3-9-22(20)23/h2-5,7,9-11,17,21,28H,6,8,12-16,18H2,1H3,(H,27,31). The van der Waals surface area contributed by atoms with Gasteiger partial charge in [0.05, 0.1) is 13.0 Å². The zero-order valence-electron chi connectivity index (χ0n) is 18.6. The molecule has 168 valence electrons. The fraction of sp³-hybridized carbons (Fsp3) is 0.385. The molecule has 1 aromatic heterocycles. The number of aromatic amines is 1. The zero-order chi connectivity index (χ0) is 22.3. The molecule has 32 heavy (non-hydrogen) atoms. The summed E-state index contributed by atoms with van der Waals surface area (Å²) < 4.78 is 5.37. The largest absolute Gasteiger partial charge is 0.496 e. The lowest BCUT2D eigenvalue weighted by Gasteiger charge is -2.32. The summed E-state index contributed by atoms with van der Waals surface area (Å²) in [5, 5.41) is 4.22. The Morgan fingerprint density at radius 1 is 1.09 bits per heavy atom. The number of hydrogen-bond donors (Lipinski definition) is 2. The van der Waals surface area contributed by atoms with Crippen LogP contribution in [0.5, 0.6) is 5.75 Å². The fourth-order valence-electron chi connectivity index (χ4n) is 4.53. The molecule has 1 unspecified atom stereocenters. The third kappa shape index (κ3) is 5.13. The van der Waals surface area contributed by atoms with E-state index in [1.165, 1.54) is 5.39 Å². The normalized spacial score (nSPS) is 16.2. The minimum absolute atomic E-state index is 0.0361. The topological polar surface area (TPSA) is 74.4 Å². The number of benzene rings is 2. The number of ether oxygens (including phenoxy) is 1. The van der Waals surface area contributed by atoms with Crippen LogP contribution in [0, 0.1) is 5.92 Å². The number of hydrogen-bond acceptors (Lipinski definition) is 3. The number of aromatic nitrogens is 1. The SMILES string of the molecule is COc1ccccc1CCNC(=O)C1CCCN(C(=O)CCc2c[nH]c3ccccc23)C1. The number of amides is 2. The smallest absolute Gasteiger partial charge is 0.224 e. The molecule has 2 amide bonds. The number of H-pyrrole nitrogens is 1. The van der Waals surface area contributed by atoms with Crippen LogP contribution < -0.4 is 10.1 Å². The van der Waals surface area contributed by atoms with E-state index >= 15 is 0 Å². The summed E-state index contributed by atoms with van der Waals surface area (Å²) in [6.45, 7) is 1.80. The van der Waals surface area contributed by atoms with Gasteiger partial charge < -0.3 is 19.9 Å². The van der Waals surface area contributed by atoms with E-state index in [1.807, 2.05) is 53.6 Å². The maximum Gasteiger partial charge on any atom is 0.224 e. The number of carbonyl (C=O) groups is 2. The molecule has 2 N–H and O–H groups in total. The van der Waals surface area contributed by atoms with E-state index in [9.17, 15) is 9.59 Å². The van der Waals surface area contributed by atoms with Crippen molar-refractivity contribution in [3.63, 3.8) is 0 Å². The van der Waals surface area contributed by atoms with Gasteiger partial charge in [-0.2, -0.15) is 0 Å². The highest BCUT2D eigenvalue weighted by atomic mass is 16.5. The Morgan fingerprint density at radius 2 is 1.91 bits per heavy atom. The minimum atomic E-state index is -0.140. The molecule has 1 atom stereocenters. The zero-order valence-corrected chi connectivity index (χ0v) is 18.6. The highest BCUT2D eigenvalue weighted by Crippen LogP contribution is 2.22. The van der Waals surface area contributed by atoms with E-state index < -0.39 is 0 Å². The number of nitrogens with zero attached hydrogens (tertiary/aromatic N) is 1. The number of likely N-dealkylation sites (tertiary alicyclic amines) is 1. The predicted octanol–water partition coefficient (Wildman–Crippen LogP) is 3.71. The van der Waals surface area contributed by atoms with Crippen molar-refractivity contribution in [3.8, 4) is 5.75 Å². The Balaban J connectivity index is 1.26. The van der Waals surface area contributed by atoms with E-state index in [4.69, 9.17) is 4.74 Å². The third-order valence-electron chi connectivity index (χ3n) is 6.31. The van der Waals surface area contributed by atoms with Gasteiger partial charge in [0.2, 0.25) is 11.8 Å². The molecule has 0 bridgehead atoms. The molecule has 1 aliphatic heterocycles. The number of nitrogens with one attached hydrogen (secondary N) is 2. The highest BCUT2D eigenvalue weighted by molar-refractivity contribution is 5.84. The average Bonchev–Trinajstić information content (AvgIpc) is 3.26. The molecule has 6 heteroatoms. The van der Waals surface area contributed by atoms with Gasteiger partial charge >= 0.3 is 0 Å². The van der Waals surface area contributed by atoms with Gasteiger partial charge in [0.15, 0.2) is 0 Å². The van der Waals surface area contributed by atoms with Crippen LogP contribution in [-0.2, 0) is 22.4 Å². The van der Waals surface area contributed by atoms with Crippen LogP contribution in [0.4, 0.5) is 0 Å². The molecule has 4 rings (SSSR count). The molecule has 1 aliphatic rings. The van der Waals surface area contributed by atoms with Crippen molar-refractivity contribution in [2.45, 2.75) is 32.1 Å². The first kappa shape index (κ1) is 21.9. The summed E-state index contributed by atoms with van der Waals surface area (Å²) in [5.74, 6) is 0.862. The first-order chi connectivity index (χ1) is 15.7. The molecule has 2 aromatic carbocycles. The van der Waals surface area contributed by atoms with E-state index in [1.54, 1.807) is 7.11 Å². The van der Waals surface area contributed by atoms with E-state index in [0.717, 1.165) is 48.2 Å². The number of fused-ring (bicyclic) bond motifs is 1. The molecule has 0 saturated carbocycles. The van der Waals surface area contributed by atoms with Crippen LogP contribution >= 0.6 is 0 Å². The summed E-state index contributed by atoms with van der Waals surface area (Å²) in [6, 6.07) is 16.0. The maximum atomic E-state index is 12.8. The summed E-state index contributed by atoms with van der Waals surface area (Å²) in [5.41, 5.74) is 3.34. The quantitative estimate of drug-likeness (QED) is 0.569. The van der Waals surface area contributed by atoms with Gasteiger partial charge in [0.1, 0.15) is 5.75 Å². The number of piperidine rings is 1. The summed E-state index contributed by atoms with van der Waals surface area (Å²) in [6.07, 6.45) is 5.57. The van der Waals surface area contributed by atoms with E-state index in [-0.39, 0.29) is 17.7 Å². The molecule has 3 aromatic rings. The number of carbonyl (C=O) groups excluding carboxylic acids is 2. The second-order valence-electron chi connectivity index (χ2n) is 8.39. The van der Waals surface area contributed by atoms with Crippen LogP contribution in [0.15, 0.2) is 54.7 Å². The Labute approximate surface area is 188 Å². The van der Waals surface area contributed by atoms with Crippen molar-refractivity contribution in [1.82, 2.24) is 15.2 Å². The fourth-order valence-corrected chi connectivity index (χ4v) is 4.53. The second kappa shape index (κ2) is 10.4. The first-order valence-electron chi connectivity index (χ1n) is 11.4. The molecular formula is C26H31N3O3. The Morgan fingerprint density at radius 3 is 2.78 bits per heavy atom. The molecule has 0 spiro atoms. The van der Waals surface area contributed by atoms with Crippen molar-refractivity contribution in [2.75, 3.05) is 26.7 Å². The van der Waals surface area contributed by atoms with Gasteiger partial charge in [0, 0.05) is 43.2 Å².